The van der Waals surface area contributed by atoms with E-state index in [1.54, 1.807) is 42.5 Å². The summed E-state index contributed by atoms with van der Waals surface area (Å²) >= 11 is 1.36. The molecule has 4 rings (SSSR count). The highest BCUT2D eigenvalue weighted by Crippen LogP contribution is 2.27. The first-order valence-electron chi connectivity index (χ1n) is 9.14. The summed E-state index contributed by atoms with van der Waals surface area (Å²) in [5.74, 6) is -0.346. The monoisotopic (exact) mass is 430 g/mol. The lowest BCUT2D eigenvalue weighted by Crippen LogP contribution is -2.27. The van der Waals surface area contributed by atoms with Gasteiger partial charge in [0.05, 0.1) is 16.8 Å². The van der Waals surface area contributed by atoms with E-state index in [0.717, 1.165) is 18.4 Å². The summed E-state index contributed by atoms with van der Waals surface area (Å²) in [6.07, 6.45) is 3.21. The van der Waals surface area contributed by atoms with Crippen LogP contribution in [-0.4, -0.2) is 37.0 Å². The summed E-state index contributed by atoms with van der Waals surface area (Å²) in [5, 5.41) is 6.43. The van der Waals surface area contributed by atoms with E-state index < -0.39 is 10.0 Å². The molecule has 0 bridgehead atoms. The van der Waals surface area contributed by atoms with Crippen molar-refractivity contribution in [2.45, 2.75) is 17.7 Å². The molecule has 150 valence electrons. The second-order valence-electron chi connectivity index (χ2n) is 6.56. The summed E-state index contributed by atoms with van der Waals surface area (Å²) in [6, 6.07) is 13.1. The van der Waals surface area contributed by atoms with Gasteiger partial charge >= 0.3 is 0 Å². The molecular formula is C20H19FN4O2S2. The second-order valence-corrected chi connectivity index (χ2v) is 9.36. The van der Waals surface area contributed by atoms with Crippen molar-refractivity contribution in [2.24, 2.45) is 5.10 Å². The number of sulfonamides is 1. The quantitative estimate of drug-likeness (QED) is 0.470. The molecule has 3 aromatic rings. The molecule has 0 aliphatic carbocycles. The van der Waals surface area contributed by atoms with Gasteiger partial charge < -0.3 is 0 Å². The molecule has 2 heterocycles. The van der Waals surface area contributed by atoms with Crippen molar-refractivity contribution in [1.82, 2.24) is 9.29 Å². The molecule has 1 saturated heterocycles. The SMILES string of the molecule is O=S(=O)(c1ccc(-c2csc(N/N=C\c3ccccc3F)n2)cc1)N1CCCC1. The lowest BCUT2D eigenvalue weighted by atomic mass is 10.2. The van der Waals surface area contributed by atoms with Gasteiger partial charge in [0.15, 0.2) is 0 Å². The third-order valence-electron chi connectivity index (χ3n) is 4.63. The smallest absolute Gasteiger partial charge is 0.243 e. The van der Waals surface area contributed by atoms with Crippen LogP contribution in [0, 0.1) is 5.82 Å². The molecule has 0 unspecified atom stereocenters. The zero-order valence-electron chi connectivity index (χ0n) is 15.5. The fourth-order valence-electron chi connectivity index (χ4n) is 3.07. The first-order valence-corrected chi connectivity index (χ1v) is 11.5. The minimum absolute atomic E-state index is 0.297. The maximum atomic E-state index is 13.6. The Bertz CT molecular complexity index is 1120. The number of benzene rings is 2. The minimum atomic E-state index is -3.42. The number of thiazole rings is 1. The van der Waals surface area contributed by atoms with E-state index in [2.05, 4.69) is 15.5 Å². The zero-order valence-corrected chi connectivity index (χ0v) is 17.1. The van der Waals surface area contributed by atoms with Crippen molar-refractivity contribution in [3.63, 3.8) is 0 Å². The number of anilines is 1. The predicted octanol–water partition coefficient (Wildman–Crippen LogP) is 4.18. The van der Waals surface area contributed by atoms with Gasteiger partial charge in [0, 0.05) is 29.6 Å². The average molecular weight is 431 g/mol. The molecule has 1 aliphatic rings. The lowest BCUT2D eigenvalue weighted by molar-refractivity contribution is 0.477. The van der Waals surface area contributed by atoms with Gasteiger partial charge in [0.2, 0.25) is 15.2 Å². The van der Waals surface area contributed by atoms with Crippen molar-refractivity contribution in [3.8, 4) is 11.3 Å². The van der Waals surface area contributed by atoms with Crippen LogP contribution in [0.3, 0.4) is 0 Å². The fourth-order valence-corrected chi connectivity index (χ4v) is 5.26. The van der Waals surface area contributed by atoms with Crippen LogP contribution < -0.4 is 5.43 Å². The number of aromatic nitrogens is 1. The highest BCUT2D eigenvalue weighted by molar-refractivity contribution is 7.89. The van der Waals surface area contributed by atoms with Gasteiger partial charge in [0.25, 0.3) is 0 Å². The van der Waals surface area contributed by atoms with Crippen LogP contribution >= 0.6 is 11.3 Å². The molecule has 1 aromatic heterocycles. The topological polar surface area (TPSA) is 74.7 Å². The van der Waals surface area contributed by atoms with Crippen LogP contribution in [0.15, 0.2) is 63.9 Å². The highest BCUT2D eigenvalue weighted by atomic mass is 32.2. The Hall–Kier alpha value is -2.62. The van der Waals surface area contributed by atoms with Crippen LogP contribution in [-0.2, 0) is 10.0 Å². The predicted molar refractivity (Wildman–Crippen MR) is 113 cm³/mol. The van der Waals surface area contributed by atoms with Gasteiger partial charge in [-0.3, -0.25) is 5.43 Å². The van der Waals surface area contributed by atoms with E-state index >= 15 is 0 Å². The molecule has 0 saturated carbocycles. The Balaban J connectivity index is 1.45. The van der Waals surface area contributed by atoms with Gasteiger partial charge in [-0.05, 0) is 31.0 Å². The largest absolute Gasteiger partial charge is 0.253 e. The van der Waals surface area contributed by atoms with Crippen molar-refractivity contribution in [2.75, 3.05) is 18.5 Å². The third-order valence-corrected chi connectivity index (χ3v) is 7.29. The number of hydrogen-bond acceptors (Lipinski definition) is 6. The molecule has 1 N–H and O–H groups in total. The third kappa shape index (κ3) is 4.36. The number of halogens is 1. The van der Waals surface area contributed by atoms with Gasteiger partial charge in [0.1, 0.15) is 5.82 Å². The molecule has 9 heteroatoms. The first-order chi connectivity index (χ1) is 14.0. The molecule has 0 radical (unpaired) electrons. The highest BCUT2D eigenvalue weighted by Gasteiger charge is 2.26. The van der Waals surface area contributed by atoms with Crippen molar-refractivity contribution in [1.29, 1.82) is 0 Å². The number of hydrazone groups is 1. The maximum absolute atomic E-state index is 13.6. The van der Waals surface area contributed by atoms with Gasteiger partial charge in [-0.25, -0.2) is 17.8 Å². The Morgan fingerprint density at radius 1 is 1.10 bits per heavy atom. The molecule has 1 aliphatic heterocycles. The molecule has 0 spiro atoms. The van der Waals surface area contributed by atoms with E-state index in [9.17, 15) is 12.8 Å². The molecule has 6 nitrogen and oxygen atoms in total. The summed E-state index contributed by atoms with van der Waals surface area (Å²) in [5.41, 5.74) is 4.70. The molecule has 2 aromatic carbocycles. The van der Waals surface area contributed by atoms with Crippen LogP contribution in [0.1, 0.15) is 18.4 Å². The van der Waals surface area contributed by atoms with E-state index in [4.69, 9.17) is 0 Å². The van der Waals surface area contributed by atoms with E-state index in [-0.39, 0.29) is 5.82 Å². The fraction of sp³-hybridized carbons (Fsp3) is 0.200. The summed E-state index contributed by atoms with van der Waals surface area (Å²) < 4.78 is 40.3. The van der Waals surface area contributed by atoms with Crippen LogP contribution in [0.5, 0.6) is 0 Å². The van der Waals surface area contributed by atoms with Gasteiger partial charge in [-0.2, -0.15) is 9.41 Å². The molecule has 29 heavy (non-hydrogen) atoms. The number of nitrogens with zero attached hydrogens (tertiary/aromatic N) is 3. The lowest BCUT2D eigenvalue weighted by Gasteiger charge is -2.15. The van der Waals surface area contributed by atoms with Crippen molar-refractivity contribution < 1.29 is 12.8 Å². The Kier molecular flexibility index (Phi) is 5.70. The first kappa shape index (κ1) is 19.7. The van der Waals surface area contributed by atoms with Crippen LogP contribution in [0.4, 0.5) is 9.52 Å². The van der Waals surface area contributed by atoms with Crippen molar-refractivity contribution >= 4 is 32.7 Å². The minimum Gasteiger partial charge on any atom is -0.253 e. The zero-order chi connectivity index (χ0) is 20.3. The number of rotatable bonds is 6. The Morgan fingerprint density at radius 3 is 2.55 bits per heavy atom. The normalized spacial score (nSPS) is 15.2. The standard InChI is InChI=1S/C20H19FN4O2S2/c21-18-6-2-1-5-16(18)13-22-24-20-23-19(14-28-20)15-7-9-17(10-8-15)29(26,27)25-11-3-4-12-25/h1-2,5-10,13-14H,3-4,11-12H2,(H,23,24)/b22-13-. The number of nitrogens with one attached hydrogen (secondary N) is 1. The maximum Gasteiger partial charge on any atom is 0.243 e. The van der Waals surface area contributed by atoms with Crippen LogP contribution in [0.2, 0.25) is 0 Å². The van der Waals surface area contributed by atoms with E-state index in [0.29, 0.717) is 34.4 Å². The summed E-state index contributed by atoms with van der Waals surface area (Å²) in [7, 11) is -3.42. The summed E-state index contributed by atoms with van der Waals surface area (Å²) in [6.45, 7) is 1.16. The van der Waals surface area contributed by atoms with Crippen molar-refractivity contribution in [3.05, 3.63) is 65.3 Å². The van der Waals surface area contributed by atoms with E-state index in [1.165, 1.54) is 27.9 Å². The molecule has 1 fully saturated rings. The summed E-state index contributed by atoms with van der Waals surface area (Å²) in [4.78, 5) is 4.74. The molecular weight excluding hydrogens is 411 g/mol. The molecule has 0 amide bonds. The van der Waals surface area contributed by atoms with E-state index in [1.807, 2.05) is 5.38 Å². The average Bonchev–Trinajstić information content (AvgIpc) is 3.42. The second kappa shape index (κ2) is 8.40. The Labute approximate surface area is 172 Å². The van der Waals surface area contributed by atoms with Gasteiger partial charge in [-0.1, -0.05) is 30.3 Å². The molecule has 0 atom stereocenters. The van der Waals surface area contributed by atoms with Gasteiger partial charge in [-0.15, -0.1) is 11.3 Å². The number of hydrogen-bond donors (Lipinski definition) is 1. The van der Waals surface area contributed by atoms with Crippen LogP contribution in [0.25, 0.3) is 11.3 Å². The Morgan fingerprint density at radius 2 is 1.83 bits per heavy atom.